The fourth-order valence-electron chi connectivity index (χ4n) is 14.4. The molecule has 0 bridgehead atoms. The van der Waals surface area contributed by atoms with Crippen molar-refractivity contribution >= 4 is 16.2 Å². The number of ketones is 1. The van der Waals surface area contributed by atoms with Gasteiger partial charge in [0, 0.05) is 12.8 Å². The molecule has 76 heavy (non-hydrogen) atoms. The first-order valence-electron chi connectivity index (χ1n) is 26.5. The van der Waals surface area contributed by atoms with E-state index >= 15 is 0 Å². The Labute approximate surface area is 465 Å². The van der Waals surface area contributed by atoms with Crippen molar-refractivity contribution < 1.29 is 146 Å². The van der Waals surface area contributed by atoms with Gasteiger partial charge in [0.15, 0.2) is 25.2 Å². The summed E-state index contributed by atoms with van der Waals surface area (Å²) in [6, 6.07) is 0. The van der Waals surface area contributed by atoms with Crippen LogP contribution in [0.2, 0.25) is 0 Å². The normalized spacial score (nSPS) is 49.6. The van der Waals surface area contributed by atoms with Crippen molar-refractivity contribution in [3.8, 4) is 0 Å². The smallest absolute Gasteiger partial charge is 0.726 e. The van der Waals surface area contributed by atoms with Crippen LogP contribution in [0.15, 0.2) is 11.6 Å². The van der Waals surface area contributed by atoms with E-state index in [2.05, 4.69) is 19.9 Å². The molecule has 0 aromatic carbocycles. The monoisotopic (exact) mass is 1120 g/mol. The summed E-state index contributed by atoms with van der Waals surface area (Å²) in [6.07, 6.45) is -27.4. The second-order valence-corrected chi connectivity index (χ2v) is 24.9. The minimum Gasteiger partial charge on any atom is -0.726 e. The van der Waals surface area contributed by atoms with Crippen LogP contribution in [0.25, 0.3) is 0 Å². The summed E-state index contributed by atoms with van der Waals surface area (Å²) in [4.78, 5) is 13.1. The zero-order valence-corrected chi connectivity index (χ0v) is 47.3. The van der Waals surface area contributed by atoms with E-state index in [1.165, 1.54) is 13.8 Å². The van der Waals surface area contributed by atoms with E-state index in [4.69, 9.17) is 42.1 Å². The van der Waals surface area contributed by atoms with E-state index in [1.807, 2.05) is 13.8 Å². The third-order valence-corrected chi connectivity index (χ3v) is 18.7. The predicted molar refractivity (Wildman–Crippen MR) is 253 cm³/mol. The molecular formula is C50H81NaO24S. The summed E-state index contributed by atoms with van der Waals surface area (Å²) in [5.41, 5.74) is -1.18. The third-order valence-electron chi connectivity index (χ3n) is 18.2. The molecule has 0 aromatic rings. The average molecular weight is 1120 g/mol. The molecule has 26 heteroatoms. The van der Waals surface area contributed by atoms with Gasteiger partial charge < -0.3 is 98.6 Å². The Morgan fingerprint density at radius 2 is 1.33 bits per heavy atom. The van der Waals surface area contributed by atoms with Gasteiger partial charge in [0.1, 0.15) is 85.1 Å². The number of aliphatic hydroxyl groups excluding tert-OH is 10. The van der Waals surface area contributed by atoms with Crippen LogP contribution >= 0.6 is 0 Å². The molecular weight excluding hydrogens is 1040 g/mol. The molecule has 7 fully saturated rings. The number of Topliss-reactive ketones (excluding diaryl/α,β-unsaturated/α-hetero) is 1. The number of carbonyl (C=O) groups is 1. The number of ether oxygens (including phenoxy) is 8. The van der Waals surface area contributed by atoms with E-state index in [9.17, 15) is 73.9 Å². The summed E-state index contributed by atoms with van der Waals surface area (Å²) in [5, 5.41) is 121. The van der Waals surface area contributed by atoms with Crippen LogP contribution in [0.4, 0.5) is 0 Å². The molecule has 4 heterocycles. The molecule has 8 rings (SSSR count). The molecule has 0 radical (unpaired) electrons. The largest absolute Gasteiger partial charge is 1.00 e. The van der Waals surface area contributed by atoms with Crippen LogP contribution in [0.1, 0.15) is 106 Å². The number of allylic oxidation sites excluding steroid dienone is 2. The molecule has 4 saturated heterocycles. The van der Waals surface area contributed by atoms with Gasteiger partial charge in [-0.2, -0.15) is 0 Å². The Bertz CT molecular complexity index is 2120. The summed E-state index contributed by atoms with van der Waals surface area (Å²) >= 11 is 0. The Morgan fingerprint density at radius 1 is 0.750 bits per heavy atom. The van der Waals surface area contributed by atoms with E-state index in [-0.39, 0.29) is 78.3 Å². The molecule has 0 aromatic heterocycles. The van der Waals surface area contributed by atoms with Crippen LogP contribution in [-0.4, -0.2) is 223 Å². The number of rotatable bonds is 16. The van der Waals surface area contributed by atoms with Crippen molar-refractivity contribution in [2.75, 3.05) is 13.2 Å². The molecule has 4 aliphatic heterocycles. The summed E-state index contributed by atoms with van der Waals surface area (Å²) in [7, 11) is -5.09. The first kappa shape index (κ1) is 63.1. The number of hydrogen-bond acceptors (Lipinski definition) is 24. The van der Waals surface area contributed by atoms with Gasteiger partial charge in [0.2, 0.25) is 10.4 Å². The van der Waals surface area contributed by atoms with E-state index in [0.717, 1.165) is 12.0 Å². The van der Waals surface area contributed by atoms with Gasteiger partial charge in [0.25, 0.3) is 0 Å². The summed E-state index contributed by atoms with van der Waals surface area (Å²) < 4.78 is 89.2. The first-order valence-corrected chi connectivity index (χ1v) is 27.8. The van der Waals surface area contributed by atoms with Gasteiger partial charge >= 0.3 is 29.6 Å². The van der Waals surface area contributed by atoms with Crippen molar-refractivity contribution in [2.45, 2.75) is 241 Å². The Morgan fingerprint density at radius 3 is 1.96 bits per heavy atom. The van der Waals surface area contributed by atoms with Crippen LogP contribution < -0.4 is 29.6 Å². The molecule has 0 amide bonds. The molecule has 22 unspecified atom stereocenters. The van der Waals surface area contributed by atoms with Crippen LogP contribution in [0.3, 0.4) is 0 Å². The van der Waals surface area contributed by atoms with E-state index in [0.29, 0.717) is 32.1 Å². The van der Waals surface area contributed by atoms with E-state index in [1.54, 1.807) is 6.92 Å². The second kappa shape index (κ2) is 24.4. The summed E-state index contributed by atoms with van der Waals surface area (Å²) in [6.45, 7) is 11.4. The molecule has 0 spiro atoms. The number of aliphatic hydroxyl groups is 11. The minimum absolute atomic E-state index is 0. The number of hydrogen-bond donors (Lipinski definition) is 11. The SMILES string of the molecule is CC(C)CC(=O)C[C@](C)(O)[C@H]1CCC2C3C[C@H](OC4OC(C)C(O)C(OC5OCC(OC6OC(CO)C(O)C(O)C6O)C(OC6OC(C)C(O)C(O)C6O)C5O)C4O)C4C[C@@H](OS(=O)(=O)[O-])CC[C@]4(C)C3=CC[C@@]21C.[Na+]. The van der Waals surface area contributed by atoms with Gasteiger partial charge in [-0.25, -0.2) is 8.42 Å². The van der Waals surface area contributed by atoms with Gasteiger partial charge in [-0.3, -0.25) is 8.98 Å². The molecule has 11 N–H and O–H groups in total. The average Bonchev–Trinajstić information content (AvgIpc) is 3.70. The molecule has 24 nitrogen and oxygen atoms in total. The van der Waals surface area contributed by atoms with Gasteiger partial charge in [-0.1, -0.05) is 39.3 Å². The molecule has 28 atom stereocenters. The van der Waals surface area contributed by atoms with Crippen molar-refractivity contribution in [1.29, 1.82) is 0 Å². The molecule has 432 valence electrons. The number of carbonyl (C=O) groups excluding carboxylic acids is 1. The predicted octanol–water partition coefficient (Wildman–Crippen LogP) is -4.87. The van der Waals surface area contributed by atoms with Crippen molar-refractivity contribution in [3.05, 3.63) is 11.6 Å². The van der Waals surface area contributed by atoms with Gasteiger partial charge in [-0.15, -0.1) is 0 Å². The van der Waals surface area contributed by atoms with E-state index < -0.39 is 175 Å². The van der Waals surface area contributed by atoms with Gasteiger partial charge in [0.05, 0.1) is 43.2 Å². The molecule has 3 saturated carbocycles. The Hall–Kier alpha value is -0.480. The minimum atomic E-state index is -5.09. The van der Waals surface area contributed by atoms with Gasteiger partial charge in [-0.05, 0) is 106 Å². The summed E-state index contributed by atoms with van der Waals surface area (Å²) in [5.74, 6) is -0.676. The maximum absolute atomic E-state index is 13.1. The molecule has 4 aliphatic carbocycles. The Balaban J connectivity index is 0.00000840. The topological polar surface area (TPSA) is 380 Å². The Kier molecular flexibility index (Phi) is 20.2. The standard InChI is InChI=1S/C50H82O24S.Na/c1-20(2)14-23(52)17-50(7,62)32-9-8-26-25-16-29(28-15-24(74-75(63,64)65)10-12-48(28,5)27(25)11-13-49(26,32)6)69-47-41(61)43(34(54)22(4)68-47)73-44-40(60)42(72-45-38(58)36(56)33(53)21(3)67-45)31(19-66-44)71-46-39(59)37(57)35(55)30(18-51)70-46;/h11,20-22,24-26,28-47,51,53-62H,8-10,12-19H2,1-7H3,(H,63,64,65);/q;+1/p-1/t21?,22?,24-,25?,26?,28?,29-,30?,31?,32-,33?,34?,35?,36?,37?,38?,39?,40?,41?,42?,43?,44?,45?,46?,47?,48+,49-,50-;/m0./s1. The van der Waals surface area contributed by atoms with Crippen molar-refractivity contribution in [1.82, 2.24) is 0 Å². The van der Waals surface area contributed by atoms with Crippen LogP contribution in [-0.2, 0) is 57.3 Å². The first-order chi connectivity index (χ1) is 35.0. The maximum Gasteiger partial charge on any atom is 1.00 e. The quantitative estimate of drug-likeness (QED) is 0.0299. The second-order valence-electron chi connectivity index (χ2n) is 23.9. The fraction of sp³-hybridized carbons (Fsp3) is 0.940. The van der Waals surface area contributed by atoms with Crippen LogP contribution in [0.5, 0.6) is 0 Å². The zero-order chi connectivity index (χ0) is 55.0. The van der Waals surface area contributed by atoms with Crippen molar-refractivity contribution in [3.63, 3.8) is 0 Å². The van der Waals surface area contributed by atoms with Crippen LogP contribution in [0, 0.1) is 40.4 Å². The fourth-order valence-corrected chi connectivity index (χ4v) is 14.9. The van der Waals surface area contributed by atoms with Crippen molar-refractivity contribution in [2.24, 2.45) is 40.4 Å². The molecule has 8 aliphatic rings. The maximum atomic E-state index is 13.1. The zero-order valence-electron chi connectivity index (χ0n) is 44.5. The third kappa shape index (κ3) is 12.6. The number of fused-ring (bicyclic) bond motifs is 5.